The first-order valence-electron chi connectivity index (χ1n) is 7.24. The van der Waals surface area contributed by atoms with Crippen molar-refractivity contribution in [1.29, 1.82) is 0 Å². The summed E-state index contributed by atoms with van der Waals surface area (Å²) >= 11 is 0. The zero-order valence-electron chi connectivity index (χ0n) is 11.6. The van der Waals surface area contributed by atoms with E-state index >= 15 is 0 Å². The smallest absolute Gasteiger partial charge is 0.335 e. The van der Waals surface area contributed by atoms with Crippen molar-refractivity contribution < 1.29 is 14.7 Å². The Morgan fingerprint density at radius 3 is 2.70 bits per heavy atom. The number of amides is 1. The van der Waals surface area contributed by atoms with Crippen molar-refractivity contribution in [1.82, 2.24) is 5.32 Å². The van der Waals surface area contributed by atoms with Gasteiger partial charge in [0, 0.05) is 13.0 Å². The van der Waals surface area contributed by atoms with Gasteiger partial charge in [0.05, 0.1) is 5.56 Å². The van der Waals surface area contributed by atoms with Crippen molar-refractivity contribution in [2.24, 2.45) is 5.92 Å². The third-order valence-corrected chi connectivity index (χ3v) is 3.86. The molecule has 1 fully saturated rings. The Morgan fingerprint density at radius 2 is 2.00 bits per heavy atom. The molecule has 0 radical (unpaired) electrons. The van der Waals surface area contributed by atoms with Crippen LogP contribution in [0.2, 0.25) is 0 Å². The van der Waals surface area contributed by atoms with E-state index < -0.39 is 5.97 Å². The van der Waals surface area contributed by atoms with Gasteiger partial charge >= 0.3 is 5.97 Å². The van der Waals surface area contributed by atoms with Crippen LogP contribution in [0, 0.1) is 5.92 Å². The van der Waals surface area contributed by atoms with E-state index in [0.29, 0.717) is 30.9 Å². The van der Waals surface area contributed by atoms with E-state index in [-0.39, 0.29) is 5.91 Å². The fraction of sp³-hybridized carbons (Fsp3) is 0.500. The molecule has 0 heterocycles. The minimum Gasteiger partial charge on any atom is -0.478 e. The van der Waals surface area contributed by atoms with E-state index in [0.717, 1.165) is 5.56 Å². The van der Waals surface area contributed by atoms with Crippen LogP contribution in [0.3, 0.4) is 0 Å². The van der Waals surface area contributed by atoms with Crippen molar-refractivity contribution in [2.75, 3.05) is 6.54 Å². The van der Waals surface area contributed by atoms with Gasteiger partial charge in [-0.05, 0) is 42.9 Å². The van der Waals surface area contributed by atoms with Crippen LogP contribution in [0.1, 0.15) is 48.0 Å². The lowest BCUT2D eigenvalue weighted by Crippen LogP contribution is -2.27. The van der Waals surface area contributed by atoms with E-state index in [9.17, 15) is 9.59 Å². The van der Waals surface area contributed by atoms with Gasteiger partial charge in [-0.3, -0.25) is 4.79 Å². The number of hydrogen-bond donors (Lipinski definition) is 2. The Bertz CT molecular complexity index is 478. The number of aromatic carboxylic acids is 1. The molecule has 4 nitrogen and oxygen atoms in total. The van der Waals surface area contributed by atoms with E-state index in [1.165, 1.54) is 25.7 Å². The number of carboxylic acid groups (broad SMARTS) is 1. The first-order valence-corrected chi connectivity index (χ1v) is 7.24. The van der Waals surface area contributed by atoms with Gasteiger partial charge in [0.15, 0.2) is 0 Å². The Labute approximate surface area is 119 Å². The van der Waals surface area contributed by atoms with Gasteiger partial charge in [-0.15, -0.1) is 0 Å². The molecule has 1 aromatic carbocycles. The molecular formula is C16H21NO3. The fourth-order valence-electron chi connectivity index (χ4n) is 2.75. The van der Waals surface area contributed by atoms with Crippen LogP contribution < -0.4 is 5.32 Å². The number of carboxylic acids is 1. The Balaban J connectivity index is 1.73. The zero-order chi connectivity index (χ0) is 14.4. The molecule has 1 aromatic rings. The molecule has 1 saturated carbocycles. The maximum Gasteiger partial charge on any atom is 0.335 e. The average molecular weight is 275 g/mol. The summed E-state index contributed by atoms with van der Waals surface area (Å²) in [6, 6.07) is 6.85. The highest BCUT2D eigenvalue weighted by Crippen LogP contribution is 2.27. The van der Waals surface area contributed by atoms with E-state index in [4.69, 9.17) is 5.11 Å². The summed E-state index contributed by atoms with van der Waals surface area (Å²) in [5.74, 6) is -0.242. The normalized spacial score (nSPS) is 15.2. The van der Waals surface area contributed by atoms with Gasteiger partial charge in [0.25, 0.3) is 0 Å². The lowest BCUT2D eigenvalue weighted by Gasteiger charge is -2.09. The van der Waals surface area contributed by atoms with Crippen molar-refractivity contribution in [3.8, 4) is 0 Å². The van der Waals surface area contributed by atoms with E-state index in [1.54, 1.807) is 18.2 Å². The first kappa shape index (κ1) is 14.6. The molecule has 0 atom stereocenters. The molecule has 4 heteroatoms. The number of benzene rings is 1. The first-order chi connectivity index (χ1) is 9.65. The lowest BCUT2D eigenvalue weighted by molar-refractivity contribution is -0.121. The van der Waals surface area contributed by atoms with Gasteiger partial charge in [-0.2, -0.15) is 0 Å². The fourth-order valence-corrected chi connectivity index (χ4v) is 2.75. The molecule has 20 heavy (non-hydrogen) atoms. The molecule has 1 amide bonds. The highest BCUT2D eigenvalue weighted by molar-refractivity contribution is 5.87. The number of hydrogen-bond acceptors (Lipinski definition) is 2. The second-order valence-corrected chi connectivity index (χ2v) is 5.46. The molecule has 2 N–H and O–H groups in total. The number of carbonyl (C=O) groups excluding carboxylic acids is 1. The summed E-state index contributed by atoms with van der Waals surface area (Å²) < 4.78 is 0. The lowest BCUT2D eigenvalue weighted by atomic mass is 10.0. The number of nitrogens with one attached hydrogen (secondary N) is 1. The molecule has 0 spiro atoms. The third-order valence-electron chi connectivity index (χ3n) is 3.86. The van der Waals surface area contributed by atoms with Crippen molar-refractivity contribution in [3.63, 3.8) is 0 Å². The predicted molar refractivity (Wildman–Crippen MR) is 76.7 cm³/mol. The summed E-state index contributed by atoms with van der Waals surface area (Å²) in [6.07, 6.45) is 6.15. The van der Waals surface area contributed by atoms with Gasteiger partial charge in [-0.25, -0.2) is 4.79 Å². The van der Waals surface area contributed by atoms with Crippen LogP contribution >= 0.6 is 0 Å². The van der Waals surface area contributed by atoms with E-state index in [2.05, 4.69) is 5.32 Å². The third kappa shape index (κ3) is 4.37. The molecule has 0 bridgehead atoms. The summed E-state index contributed by atoms with van der Waals surface area (Å²) in [5.41, 5.74) is 1.23. The summed E-state index contributed by atoms with van der Waals surface area (Å²) in [5, 5.41) is 11.8. The molecule has 2 rings (SSSR count). The van der Waals surface area contributed by atoms with Gasteiger partial charge in [-0.1, -0.05) is 25.0 Å². The van der Waals surface area contributed by atoms with Gasteiger partial charge in [0.1, 0.15) is 0 Å². The number of rotatable bonds is 6. The number of carbonyl (C=O) groups is 2. The second kappa shape index (κ2) is 7.08. The topological polar surface area (TPSA) is 66.4 Å². The molecule has 0 aromatic heterocycles. The van der Waals surface area contributed by atoms with Crippen LogP contribution in [0.5, 0.6) is 0 Å². The van der Waals surface area contributed by atoms with Crippen LogP contribution in [0.25, 0.3) is 0 Å². The predicted octanol–water partition coefficient (Wildman–Crippen LogP) is 2.62. The molecule has 0 aliphatic heterocycles. The second-order valence-electron chi connectivity index (χ2n) is 5.46. The van der Waals surface area contributed by atoms with Crippen LogP contribution in [0.15, 0.2) is 24.3 Å². The summed E-state index contributed by atoms with van der Waals surface area (Å²) in [7, 11) is 0. The van der Waals surface area contributed by atoms with Crippen molar-refractivity contribution in [2.45, 2.75) is 38.5 Å². The maximum atomic E-state index is 11.8. The molecule has 0 unspecified atom stereocenters. The monoisotopic (exact) mass is 275 g/mol. The highest BCUT2D eigenvalue weighted by Gasteiger charge is 2.17. The molecule has 0 saturated heterocycles. The van der Waals surface area contributed by atoms with E-state index in [1.807, 2.05) is 6.07 Å². The summed E-state index contributed by atoms with van der Waals surface area (Å²) in [4.78, 5) is 22.6. The van der Waals surface area contributed by atoms with Crippen LogP contribution in [-0.2, 0) is 11.2 Å². The van der Waals surface area contributed by atoms with Gasteiger partial charge in [0.2, 0.25) is 5.91 Å². The van der Waals surface area contributed by atoms with Crippen LogP contribution in [0.4, 0.5) is 0 Å². The van der Waals surface area contributed by atoms with Gasteiger partial charge < -0.3 is 10.4 Å². The minimum atomic E-state index is -0.919. The SMILES string of the molecule is O=C(CC1CCCC1)NCCc1cccc(C(=O)O)c1. The Kier molecular flexibility index (Phi) is 5.16. The molecule has 1 aliphatic carbocycles. The molecule has 1 aliphatic rings. The molecular weight excluding hydrogens is 254 g/mol. The van der Waals surface area contributed by atoms with Crippen molar-refractivity contribution >= 4 is 11.9 Å². The summed E-state index contributed by atoms with van der Waals surface area (Å²) in [6.45, 7) is 0.564. The zero-order valence-corrected chi connectivity index (χ0v) is 11.6. The maximum absolute atomic E-state index is 11.8. The van der Waals surface area contributed by atoms with Crippen LogP contribution in [-0.4, -0.2) is 23.5 Å². The highest BCUT2D eigenvalue weighted by atomic mass is 16.4. The quantitative estimate of drug-likeness (QED) is 0.838. The largest absolute Gasteiger partial charge is 0.478 e. The molecule has 108 valence electrons. The van der Waals surface area contributed by atoms with Crippen molar-refractivity contribution in [3.05, 3.63) is 35.4 Å². The average Bonchev–Trinajstić information content (AvgIpc) is 2.92. The standard InChI is InChI=1S/C16H21NO3/c18-15(11-12-4-1-2-5-12)17-9-8-13-6-3-7-14(10-13)16(19)20/h3,6-7,10,12H,1-2,4-5,8-9,11H2,(H,17,18)(H,19,20). The Morgan fingerprint density at radius 1 is 1.25 bits per heavy atom. The Hall–Kier alpha value is -1.84. The minimum absolute atomic E-state index is 0.117.